The van der Waals surface area contributed by atoms with Gasteiger partial charge in [-0.1, -0.05) is 17.7 Å². The molecule has 0 saturated carbocycles. The lowest BCUT2D eigenvalue weighted by Crippen LogP contribution is -2.48. The summed E-state index contributed by atoms with van der Waals surface area (Å²) in [5.74, 6) is 0.234. The molecule has 168 valence electrons. The summed E-state index contributed by atoms with van der Waals surface area (Å²) in [5.41, 5.74) is 2.21. The van der Waals surface area contributed by atoms with Crippen molar-refractivity contribution in [3.63, 3.8) is 0 Å². The highest BCUT2D eigenvalue weighted by Crippen LogP contribution is 2.25. The van der Waals surface area contributed by atoms with Gasteiger partial charge in [0.1, 0.15) is 11.5 Å². The van der Waals surface area contributed by atoms with Crippen LogP contribution < -0.4 is 14.8 Å². The molecule has 8 heteroatoms. The average Bonchev–Trinajstić information content (AvgIpc) is 3.31. The Hall–Kier alpha value is -3.81. The van der Waals surface area contributed by atoms with Crippen molar-refractivity contribution in [1.29, 1.82) is 0 Å². The SMILES string of the molecule is COc1ccc(OC)c(C=CC(=O)N2CCCN2C(=O)CNC(=O)c2ccc(C)cc2)c1. The van der Waals surface area contributed by atoms with Crippen LogP contribution in [0.3, 0.4) is 0 Å². The van der Waals surface area contributed by atoms with Crippen molar-refractivity contribution in [2.45, 2.75) is 13.3 Å². The third kappa shape index (κ3) is 5.46. The molecule has 0 radical (unpaired) electrons. The molecule has 1 fully saturated rings. The number of hydrogen-bond donors (Lipinski definition) is 1. The van der Waals surface area contributed by atoms with Crippen molar-refractivity contribution in [1.82, 2.24) is 15.3 Å². The molecule has 2 aromatic rings. The van der Waals surface area contributed by atoms with Crippen LogP contribution in [-0.4, -0.2) is 61.6 Å². The molecule has 1 N–H and O–H groups in total. The Kier molecular flexibility index (Phi) is 7.49. The summed E-state index contributed by atoms with van der Waals surface area (Å²) in [6, 6.07) is 12.4. The minimum absolute atomic E-state index is 0.191. The smallest absolute Gasteiger partial charge is 0.265 e. The lowest BCUT2D eigenvalue weighted by molar-refractivity contribution is -0.153. The van der Waals surface area contributed by atoms with Crippen LogP contribution >= 0.6 is 0 Å². The molecular weight excluding hydrogens is 410 g/mol. The molecule has 0 atom stereocenters. The van der Waals surface area contributed by atoms with Crippen LogP contribution in [0.2, 0.25) is 0 Å². The molecule has 0 spiro atoms. The molecule has 2 aromatic carbocycles. The van der Waals surface area contributed by atoms with Gasteiger partial charge in [-0.05, 0) is 49.8 Å². The summed E-state index contributed by atoms with van der Waals surface area (Å²) < 4.78 is 10.5. The van der Waals surface area contributed by atoms with E-state index < -0.39 is 0 Å². The average molecular weight is 437 g/mol. The van der Waals surface area contributed by atoms with Crippen LogP contribution in [0, 0.1) is 6.92 Å². The highest BCUT2D eigenvalue weighted by Gasteiger charge is 2.29. The molecule has 8 nitrogen and oxygen atoms in total. The largest absolute Gasteiger partial charge is 0.497 e. The summed E-state index contributed by atoms with van der Waals surface area (Å²) in [6.45, 7) is 2.59. The fourth-order valence-corrected chi connectivity index (χ4v) is 3.37. The number of ether oxygens (including phenoxy) is 2. The predicted octanol–water partition coefficient (Wildman–Crippen LogP) is 2.43. The standard InChI is InChI=1S/C24H27N3O5/c1-17-5-7-18(8-6-17)24(30)25-16-23(29)27-14-4-13-26(27)22(28)12-9-19-15-20(31-2)10-11-21(19)32-3/h5-12,15H,4,13-14,16H2,1-3H3,(H,25,30). The first-order valence-corrected chi connectivity index (χ1v) is 10.3. The van der Waals surface area contributed by atoms with E-state index in [1.807, 2.05) is 19.1 Å². The zero-order chi connectivity index (χ0) is 23.1. The van der Waals surface area contributed by atoms with Crippen molar-refractivity contribution in [2.24, 2.45) is 0 Å². The third-order valence-corrected chi connectivity index (χ3v) is 5.13. The van der Waals surface area contributed by atoms with Crippen molar-refractivity contribution in [2.75, 3.05) is 33.9 Å². The Morgan fingerprint density at radius 3 is 2.41 bits per heavy atom. The first-order chi connectivity index (χ1) is 15.4. The van der Waals surface area contributed by atoms with E-state index in [0.29, 0.717) is 42.1 Å². The molecule has 0 bridgehead atoms. The molecule has 1 aliphatic heterocycles. The minimum Gasteiger partial charge on any atom is -0.497 e. The van der Waals surface area contributed by atoms with Gasteiger partial charge in [-0.3, -0.25) is 14.4 Å². The number of nitrogens with zero attached hydrogens (tertiary/aromatic N) is 2. The maximum atomic E-state index is 12.8. The molecule has 32 heavy (non-hydrogen) atoms. The van der Waals surface area contributed by atoms with Crippen LogP contribution in [0.4, 0.5) is 0 Å². The summed E-state index contributed by atoms with van der Waals surface area (Å²) >= 11 is 0. The van der Waals surface area contributed by atoms with Crippen molar-refractivity contribution in [3.05, 3.63) is 65.2 Å². The summed E-state index contributed by atoms with van der Waals surface area (Å²) in [6.07, 6.45) is 3.69. The van der Waals surface area contributed by atoms with Gasteiger partial charge in [0.25, 0.3) is 17.7 Å². The Balaban J connectivity index is 1.62. The maximum Gasteiger partial charge on any atom is 0.265 e. The monoisotopic (exact) mass is 437 g/mol. The number of rotatable bonds is 7. The number of hydrogen-bond acceptors (Lipinski definition) is 5. The van der Waals surface area contributed by atoms with Crippen LogP contribution in [0.25, 0.3) is 6.08 Å². The minimum atomic E-state index is -0.344. The molecular formula is C24H27N3O5. The van der Waals surface area contributed by atoms with E-state index in [1.165, 1.54) is 16.1 Å². The van der Waals surface area contributed by atoms with Crippen molar-refractivity contribution < 1.29 is 23.9 Å². The number of carbonyl (C=O) groups is 3. The van der Waals surface area contributed by atoms with Gasteiger partial charge in [-0.25, -0.2) is 10.0 Å². The normalized spacial score (nSPS) is 13.3. The van der Waals surface area contributed by atoms with Gasteiger partial charge in [0.2, 0.25) is 0 Å². The molecule has 0 unspecified atom stereocenters. The highest BCUT2D eigenvalue weighted by atomic mass is 16.5. The van der Waals surface area contributed by atoms with E-state index >= 15 is 0 Å². The van der Waals surface area contributed by atoms with Crippen LogP contribution in [-0.2, 0) is 9.59 Å². The topological polar surface area (TPSA) is 88.2 Å². The summed E-state index contributed by atoms with van der Waals surface area (Å²) in [5, 5.41) is 5.40. The van der Waals surface area contributed by atoms with Crippen LogP contribution in [0.5, 0.6) is 11.5 Å². The van der Waals surface area contributed by atoms with E-state index in [1.54, 1.807) is 50.6 Å². The number of nitrogens with one attached hydrogen (secondary N) is 1. The Morgan fingerprint density at radius 2 is 1.72 bits per heavy atom. The Bertz CT molecular complexity index is 1020. The lowest BCUT2D eigenvalue weighted by Gasteiger charge is -2.27. The van der Waals surface area contributed by atoms with Crippen molar-refractivity contribution in [3.8, 4) is 11.5 Å². The second-order valence-corrected chi connectivity index (χ2v) is 7.32. The van der Waals surface area contributed by atoms with Crippen LogP contribution in [0.1, 0.15) is 27.9 Å². The van der Waals surface area contributed by atoms with Gasteiger partial charge in [0, 0.05) is 30.3 Å². The van der Waals surface area contributed by atoms with E-state index in [-0.39, 0.29) is 24.3 Å². The van der Waals surface area contributed by atoms with E-state index in [0.717, 1.165) is 5.56 Å². The molecule has 3 amide bonds. The van der Waals surface area contributed by atoms with Gasteiger partial charge in [0.05, 0.1) is 20.8 Å². The molecule has 1 aliphatic rings. The number of aryl methyl sites for hydroxylation is 1. The zero-order valence-corrected chi connectivity index (χ0v) is 18.5. The van der Waals surface area contributed by atoms with E-state index in [2.05, 4.69) is 5.32 Å². The number of amides is 3. The number of methoxy groups -OCH3 is 2. The third-order valence-electron chi connectivity index (χ3n) is 5.13. The summed E-state index contributed by atoms with van der Waals surface area (Å²) in [4.78, 5) is 37.7. The van der Waals surface area contributed by atoms with Gasteiger partial charge in [-0.15, -0.1) is 0 Å². The highest BCUT2D eigenvalue weighted by molar-refractivity contribution is 5.97. The predicted molar refractivity (Wildman–Crippen MR) is 120 cm³/mol. The molecule has 1 saturated heterocycles. The number of hydrazine groups is 1. The first-order valence-electron chi connectivity index (χ1n) is 10.3. The molecule has 3 rings (SSSR count). The number of carbonyl (C=O) groups excluding carboxylic acids is 3. The molecule has 0 aliphatic carbocycles. The van der Waals surface area contributed by atoms with Gasteiger partial charge < -0.3 is 14.8 Å². The Labute approximate surface area is 187 Å². The lowest BCUT2D eigenvalue weighted by atomic mass is 10.1. The fourth-order valence-electron chi connectivity index (χ4n) is 3.37. The van der Waals surface area contributed by atoms with Gasteiger partial charge in [-0.2, -0.15) is 0 Å². The zero-order valence-electron chi connectivity index (χ0n) is 18.5. The van der Waals surface area contributed by atoms with Gasteiger partial charge >= 0.3 is 0 Å². The molecule has 1 heterocycles. The maximum absolute atomic E-state index is 12.8. The Morgan fingerprint density at radius 1 is 1.00 bits per heavy atom. The van der Waals surface area contributed by atoms with Gasteiger partial charge in [0.15, 0.2) is 0 Å². The van der Waals surface area contributed by atoms with E-state index in [4.69, 9.17) is 9.47 Å². The summed E-state index contributed by atoms with van der Waals surface area (Å²) in [7, 11) is 3.11. The first kappa shape index (κ1) is 22.9. The van der Waals surface area contributed by atoms with Crippen molar-refractivity contribution >= 4 is 23.8 Å². The fraction of sp³-hybridized carbons (Fsp3) is 0.292. The second kappa shape index (κ2) is 10.5. The van der Waals surface area contributed by atoms with E-state index in [9.17, 15) is 14.4 Å². The molecule has 0 aromatic heterocycles. The number of benzene rings is 2. The van der Waals surface area contributed by atoms with Crippen LogP contribution in [0.15, 0.2) is 48.5 Å². The quantitative estimate of drug-likeness (QED) is 0.673. The second-order valence-electron chi connectivity index (χ2n) is 7.32.